The SMILES string of the molecule is CC(=O)CCC(=O)N1CCC(NC(=O)c2cccc(Cl)c2)CC1. The number of nitrogens with one attached hydrogen (secondary N) is 1. The van der Waals surface area contributed by atoms with Crippen LogP contribution in [0.4, 0.5) is 0 Å². The molecule has 124 valence electrons. The van der Waals surface area contributed by atoms with E-state index in [0.29, 0.717) is 30.1 Å². The van der Waals surface area contributed by atoms with Gasteiger partial charge in [0, 0.05) is 42.6 Å². The summed E-state index contributed by atoms with van der Waals surface area (Å²) in [5.74, 6) is -0.101. The molecule has 2 rings (SSSR count). The summed E-state index contributed by atoms with van der Waals surface area (Å²) in [6, 6.07) is 6.88. The Morgan fingerprint density at radius 1 is 1.22 bits per heavy atom. The first kappa shape index (κ1) is 17.5. The highest BCUT2D eigenvalue weighted by atomic mass is 35.5. The van der Waals surface area contributed by atoms with Crippen molar-refractivity contribution in [3.05, 3.63) is 34.9 Å². The number of Topliss-reactive ketones (excluding diaryl/α,β-unsaturated/α-hetero) is 1. The van der Waals surface area contributed by atoms with Gasteiger partial charge in [0.25, 0.3) is 5.91 Å². The molecule has 1 saturated heterocycles. The lowest BCUT2D eigenvalue weighted by atomic mass is 10.0. The molecule has 0 spiro atoms. The molecular formula is C17H21ClN2O3. The number of hydrogen-bond acceptors (Lipinski definition) is 3. The van der Waals surface area contributed by atoms with E-state index in [9.17, 15) is 14.4 Å². The van der Waals surface area contributed by atoms with Crippen LogP contribution in [0.5, 0.6) is 0 Å². The third-order valence-electron chi connectivity index (χ3n) is 3.96. The van der Waals surface area contributed by atoms with Gasteiger partial charge >= 0.3 is 0 Å². The Hall–Kier alpha value is -1.88. The number of amides is 2. The maximum Gasteiger partial charge on any atom is 0.251 e. The Bertz CT molecular complexity index is 595. The summed E-state index contributed by atoms with van der Waals surface area (Å²) in [4.78, 5) is 36.8. The summed E-state index contributed by atoms with van der Waals surface area (Å²) in [6.07, 6.45) is 2.01. The second-order valence-electron chi connectivity index (χ2n) is 5.84. The van der Waals surface area contributed by atoms with E-state index in [2.05, 4.69) is 5.32 Å². The number of likely N-dealkylation sites (tertiary alicyclic amines) is 1. The summed E-state index contributed by atoms with van der Waals surface area (Å²) in [5, 5.41) is 3.51. The molecule has 0 aliphatic carbocycles. The molecule has 0 saturated carbocycles. The molecule has 23 heavy (non-hydrogen) atoms. The van der Waals surface area contributed by atoms with Crippen LogP contribution in [-0.2, 0) is 9.59 Å². The van der Waals surface area contributed by atoms with Gasteiger partial charge in [-0.05, 0) is 38.0 Å². The number of benzene rings is 1. The molecule has 0 atom stereocenters. The molecule has 1 heterocycles. The number of carbonyl (C=O) groups excluding carboxylic acids is 3. The van der Waals surface area contributed by atoms with Crippen molar-refractivity contribution in [2.75, 3.05) is 13.1 Å². The molecule has 1 fully saturated rings. The fourth-order valence-electron chi connectivity index (χ4n) is 2.61. The fourth-order valence-corrected chi connectivity index (χ4v) is 2.80. The van der Waals surface area contributed by atoms with E-state index < -0.39 is 0 Å². The van der Waals surface area contributed by atoms with E-state index in [1.807, 2.05) is 0 Å². The van der Waals surface area contributed by atoms with Crippen LogP contribution in [0.2, 0.25) is 5.02 Å². The maximum atomic E-state index is 12.2. The van der Waals surface area contributed by atoms with Crippen LogP contribution in [0.3, 0.4) is 0 Å². The number of nitrogens with zero attached hydrogens (tertiary/aromatic N) is 1. The highest BCUT2D eigenvalue weighted by molar-refractivity contribution is 6.30. The lowest BCUT2D eigenvalue weighted by molar-refractivity contribution is -0.133. The van der Waals surface area contributed by atoms with Crippen molar-refractivity contribution in [2.24, 2.45) is 0 Å². The summed E-state index contributed by atoms with van der Waals surface area (Å²) in [7, 11) is 0. The second kappa shape index (κ2) is 8.11. The number of halogens is 1. The van der Waals surface area contributed by atoms with Gasteiger partial charge in [-0.2, -0.15) is 0 Å². The van der Waals surface area contributed by atoms with Crippen molar-refractivity contribution in [1.29, 1.82) is 0 Å². The normalized spacial score (nSPS) is 15.3. The third-order valence-corrected chi connectivity index (χ3v) is 4.20. The minimum atomic E-state index is -0.145. The fraction of sp³-hybridized carbons (Fsp3) is 0.471. The lowest BCUT2D eigenvalue weighted by Gasteiger charge is -2.32. The number of hydrogen-bond donors (Lipinski definition) is 1. The van der Waals surface area contributed by atoms with Crippen LogP contribution in [-0.4, -0.2) is 41.6 Å². The lowest BCUT2D eigenvalue weighted by Crippen LogP contribution is -2.46. The Labute approximate surface area is 141 Å². The van der Waals surface area contributed by atoms with Crippen LogP contribution in [0.1, 0.15) is 43.0 Å². The zero-order valence-electron chi connectivity index (χ0n) is 13.2. The molecule has 0 bridgehead atoms. The second-order valence-corrected chi connectivity index (χ2v) is 6.28. The molecule has 5 nitrogen and oxygen atoms in total. The molecule has 6 heteroatoms. The minimum Gasteiger partial charge on any atom is -0.349 e. The topological polar surface area (TPSA) is 66.5 Å². The van der Waals surface area contributed by atoms with E-state index in [0.717, 1.165) is 12.8 Å². The highest BCUT2D eigenvalue weighted by Gasteiger charge is 2.24. The molecule has 2 amide bonds. The van der Waals surface area contributed by atoms with Gasteiger partial charge in [-0.25, -0.2) is 0 Å². The highest BCUT2D eigenvalue weighted by Crippen LogP contribution is 2.14. The van der Waals surface area contributed by atoms with Crippen molar-refractivity contribution in [3.8, 4) is 0 Å². The van der Waals surface area contributed by atoms with Crippen molar-refractivity contribution < 1.29 is 14.4 Å². The summed E-state index contributed by atoms with van der Waals surface area (Å²) in [6.45, 7) is 2.71. The largest absolute Gasteiger partial charge is 0.349 e. The Morgan fingerprint density at radius 2 is 1.91 bits per heavy atom. The third kappa shape index (κ3) is 5.36. The van der Waals surface area contributed by atoms with Gasteiger partial charge in [-0.1, -0.05) is 17.7 Å². The number of rotatable bonds is 5. The Balaban J connectivity index is 1.79. The van der Waals surface area contributed by atoms with Crippen LogP contribution < -0.4 is 5.32 Å². The average molecular weight is 337 g/mol. The van der Waals surface area contributed by atoms with Crippen LogP contribution in [0.15, 0.2) is 24.3 Å². The van der Waals surface area contributed by atoms with Gasteiger partial charge in [-0.3, -0.25) is 9.59 Å². The van der Waals surface area contributed by atoms with E-state index >= 15 is 0 Å². The van der Waals surface area contributed by atoms with Crippen molar-refractivity contribution in [3.63, 3.8) is 0 Å². The van der Waals surface area contributed by atoms with Gasteiger partial charge in [-0.15, -0.1) is 0 Å². The number of ketones is 1. The van der Waals surface area contributed by atoms with Crippen molar-refractivity contribution in [2.45, 2.75) is 38.6 Å². The predicted octanol–water partition coefficient (Wildman–Crippen LogP) is 2.43. The van der Waals surface area contributed by atoms with Gasteiger partial charge in [0.05, 0.1) is 0 Å². The first-order valence-electron chi connectivity index (χ1n) is 7.79. The van der Waals surface area contributed by atoms with Crippen molar-refractivity contribution >= 4 is 29.2 Å². The van der Waals surface area contributed by atoms with Gasteiger partial charge < -0.3 is 15.0 Å². The van der Waals surface area contributed by atoms with Gasteiger partial charge in [0.15, 0.2) is 0 Å². The van der Waals surface area contributed by atoms with E-state index in [1.54, 1.807) is 29.2 Å². The zero-order chi connectivity index (χ0) is 16.8. The minimum absolute atomic E-state index is 0.0137. The molecule has 1 N–H and O–H groups in total. The van der Waals surface area contributed by atoms with Crippen LogP contribution >= 0.6 is 11.6 Å². The molecule has 1 aromatic rings. The van der Waals surface area contributed by atoms with Crippen LogP contribution in [0.25, 0.3) is 0 Å². The van der Waals surface area contributed by atoms with E-state index in [-0.39, 0.29) is 30.1 Å². The number of carbonyl (C=O) groups is 3. The van der Waals surface area contributed by atoms with Gasteiger partial charge in [0.1, 0.15) is 5.78 Å². The quantitative estimate of drug-likeness (QED) is 0.898. The monoisotopic (exact) mass is 336 g/mol. The summed E-state index contributed by atoms with van der Waals surface area (Å²) >= 11 is 5.89. The van der Waals surface area contributed by atoms with E-state index in [1.165, 1.54) is 6.92 Å². The molecule has 1 aliphatic heterocycles. The maximum absolute atomic E-state index is 12.2. The Kier molecular flexibility index (Phi) is 6.16. The summed E-state index contributed by atoms with van der Waals surface area (Å²) < 4.78 is 0. The predicted molar refractivity (Wildman–Crippen MR) is 88.4 cm³/mol. The first-order valence-corrected chi connectivity index (χ1v) is 8.17. The van der Waals surface area contributed by atoms with Gasteiger partial charge in [0.2, 0.25) is 5.91 Å². The molecule has 0 radical (unpaired) electrons. The summed E-state index contributed by atoms with van der Waals surface area (Å²) in [5.41, 5.74) is 0.539. The standard InChI is InChI=1S/C17H21ClN2O3/c1-12(21)5-6-16(22)20-9-7-15(8-10-20)19-17(23)13-3-2-4-14(18)11-13/h2-4,11,15H,5-10H2,1H3,(H,19,23). The van der Waals surface area contributed by atoms with E-state index in [4.69, 9.17) is 11.6 Å². The smallest absolute Gasteiger partial charge is 0.251 e. The molecule has 0 aromatic heterocycles. The average Bonchev–Trinajstić information content (AvgIpc) is 2.53. The molecular weight excluding hydrogens is 316 g/mol. The molecule has 1 aromatic carbocycles. The van der Waals surface area contributed by atoms with Crippen molar-refractivity contribution in [1.82, 2.24) is 10.2 Å². The molecule has 0 unspecified atom stereocenters. The Morgan fingerprint density at radius 3 is 2.52 bits per heavy atom. The number of piperidine rings is 1. The van der Waals surface area contributed by atoms with Crippen LogP contribution in [0, 0.1) is 0 Å². The molecule has 1 aliphatic rings. The zero-order valence-corrected chi connectivity index (χ0v) is 13.9. The first-order chi connectivity index (χ1) is 11.0.